The van der Waals surface area contributed by atoms with Crippen LogP contribution < -0.4 is 5.73 Å². The Hall–Kier alpha value is -0.0700. The van der Waals surface area contributed by atoms with E-state index in [0.717, 1.165) is 0 Å². The molecule has 0 fully saturated rings. The first-order chi connectivity index (χ1) is 5.57. The highest BCUT2D eigenvalue weighted by Crippen LogP contribution is 2.38. The number of benzene rings is 1. The van der Waals surface area contributed by atoms with Gasteiger partial charge in [0.1, 0.15) is 11.5 Å². The highest BCUT2D eigenvalue weighted by atomic mass is 79.9. The maximum Gasteiger partial charge on any atom is 0.140 e. The van der Waals surface area contributed by atoms with Crippen molar-refractivity contribution in [3.8, 4) is 0 Å². The third-order valence-electron chi connectivity index (χ3n) is 1.27. The average molecular weight is 314 g/mol. The van der Waals surface area contributed by atoms with Crippen molar-refractivity contribution < 1.29 is 4.39 Å². The molecule has 0 aliphatic heterocycles. The fraction of sp³-hybridized carbons (Fsp3) is 0. The molecule has 0 unspecified atom stereocenters. The molecule has 64 valence electrons. The number of anilines is 1. The van der Waals surface area contributed by atoms with Crippen LogP contribution in [-0.4, -0.2) is 0 Å². The van der Waals surface area contributed by atoms with Gasteiger partial charge in [-0.25, -0.2) is 4.39 Å². The van der Waals surface area contributed by atoms with E-state index < -0.39 is 5.82 Å². The van der Waals surface area contributed by atoms with Gasteiger partial charge >= 0.3 is 0 Å². The molecule has 1 rings (SSSR count). The molecular formula is C6H3Br2FN2S. The number of hydrogen-bond donors (Lipinski definition) is 1. The molecule has 6 heteroatoms. The van der Waals surface area contributed by atoms with E-state index >= 15 is 0 Å². The number of halogens is 3. The molecule has 12 heavy (non-hydrogen) atoms. The van der Waals surface area contributed by atoms with E-state index in [1.807, 2.05) is 0 Å². The summed E-state index contributed by atoms with van der Waals surface area (Å²) < 4.78 is 17.0. The van der Waals surface area contributed by atoms with Crippen molar-refractivity contribution in [1.82, 2.24) is 0 Å². The van der Waals surface area contributed by atoms with E-state index in [-0.39, 0.29) is 10.2 Å². The molecule has 0 atom stereocenters. The third-order valence-corrected chi connectivity index (χ3v) is 2.87. The molecular weight excluding hydrogens is 311 g/mol. The molecule has 0 heterocycles. The molecule has 0 spiro atoms. The minimum absolute atomic E-state index is 0.193. The normalized spacial score (nSPS) is 9.92. The van der Waals surface area contributed by atoms with Crippen LogP contribution in [0.4, 0.5) is 15.8 Å². The standard InChI is InChI=1S/C6H3Br2FN2S/c7-2-1-3(9)4(8)6(11-12)5(2)10/h1H,10H2. The van der Waals surface area contributed by atoms with Crippen LogP contribution in [0.15, 0.2) is 19.4 Å². The highest BCUT2D eigenvalue weighted by molar-refractivity contribution is 9.11. The van der Waals surface area contributed by atoms with Gasteiger partial charge in [0.25, 0.3) is 0 Å². The topological polar surface area (TPSA) is 38.4 Å². The van der Waals surface area contributed by atoms with Gasteiger partial charge in [-0.1, -0.05) is 0 Å². The number of hydrogen-bond acceptors (Lipinski definition) is 3. The Bertz CT molecular complexity index is 317. The first-order valence-electron chi connectivity index (χ1n) is 2.84. The SMILES string of the molecule is Nc1c(Br)cc(F)c(Br)c1N=S. The molecule has 2 N–H and O–H groups in total. The van der Waals surface area contributed by atoms with Crippen molar-refractivity contribution in [2.24, 2.45) is 4.36 Å². The monoisotopic (exact) mass is 312 g/mol. The van der Waals surface area contributed by atoms with Crippen molar-refractivity contribution in [3.05, 3.63) is 20.8 Å². The minimum atomic E-state index is -0.445. The van der Waals surface area contributed by atoms with E-state index in [1.54, 1.807) is 0 Å². The molecule has 0 amide bonds. The number of rotatable bonds is 1. The zero-order valence-corrected chi connectivity index (χ0v) is 9.63. The summed E-state index contributed by atoms with van der Waals surface area (Å²) in [6, 6.07) is 1.25. The van der Waals surface area contributed by atoms with Gasteiger partial charge in [-0.15, -0.1) is 0 Å². The summed E-state index contributed by atoms with van der Waals surface area (Å²) in [5.74, 6) is -0.445. The Morgan fingerprint density at radius 3 is 2.58 bits per heavy atom. The average Bonchev–Trinajstić information content (AvgIpc) is 2.02. The Morgan fingerprint density at radius 2 is 2.08 bits per heavy atom. The number of nitrogens with zero attached hydrogens (tertiary/aromatic N) is 1. The smallest absolute Gasteiger partial charge is 0.140 e. The van der Waals surface area contributed by atoms with Crippen LogP contribution >= 0.6 is 31.9 Å². The van der Waals surface area contributed by atoms with Crippen molar-refractivity contribution in [2.45, 2.75) is 0 Å². The molecule has 2 nitrogen and oxygen atoms in total. The molecule has 0 radical (unpaired) electrons. The molecule has 0 bridgehead atoms. The van der Waals surface area contributed by atoms with E-state index in [9.17, 15) is 4.39 Å². The van der Waals surface area contributed by atoms with Crippen LogP contribution in [0, 0.1) is 5.82 Å². The number of nitrogen functional groups attached to an aromatic ring is 1. The summed E-state index contributed by atoms with van der Waals surface area (Å²) in [4.78, 5) is 0. The molecule has 1 aromatic carbocycles. The Balaban J connectivity index is 3.52. The highest BCUT2D eigenvalue weighted by Gasteiger charge is 2.12. The van der Waals surface area contributed by atoms with Crippen LogP contribution in [0.3, 0.4) is 0 Å². The third kappa shape index (κ3) is 1.65. The largest absolute Gasteiger partial charge is 0.396 e. The second-order valence-corrected chi connectivity index (χ2v) is 3.84. The fourth-order valence-electron chi connectivity index (χ4n) is 0.686. The van der Waals surface area contributed by atoms with Crippen molar-refractivity contribution in [1.29, 1.82) is 0 Å². The van der Waals surface area contributed by atoms with Crippen LogP contribution in [0.5, 0.6) is 0 Å². The summed E-state index contributed by atoms with van der Waals surface area (Å²) >= 11 is 10.5. The molecule has 0 aromatic heterocycles. The summed E-state index contributed by atoms with van der Waals surface area (Å²) in [5, 5.41) is 0. The van der Waals surface area contributed by atoms with Crippen molar-refractivity contribution in [3.63, 3.8) is 0 Å². The van der Waals surface area contributed by atoms with Crippen LogP contribution in [0.25, 0.3) is 0 Å². The molecule has 1 aromatic rings. The quantitative estimate of drug-likeness (QED) is 0.638. The second kappa shape index (κ2) is 3.76. The lowest BCUT2D eigenvalue weighted by Crippen LogP contribution is -1.90. The van der Waals surface area contributed by atoms with Crippen LogP contribution in [-0.2, 0) is 12.4 Å². The maximum atomic E-state index is 13.0. The summed E-state index contributed by atoms with van der Waals surface area (Å²) in [6.07, 6.45) is 0. The zero-order chi connectivity index (χ0) is 9.30. The van der Waals surface area contributed by atoms with Gasteiger partial charge in [0.05, 0.1) is 10.2 Å². The lowest BCUT2D eigenvalue weighted by molar-refractivity contribution is 0.621. The summed E-state index contributed by atoms with van der Waals surface area (Å²) in [6.45, 7) is 0. The van der Waals surface area contributed by atoms with Gasteiger partial charge in [0.2, 0.25) is 0 Å². The van der Waals surface area contributed by atoms with Gasteiger partial charge < -0.3 is 5.73 Å². The fourth-order valence-corrected chi connectivity index (χ4v) is 1.80. The summed E-state index contributed by atoms with van der Waals surface area (Å²) in [7, 11) is 0. The van der Waals surface area contributed by atoms with Gasteiger partial charge in [-0.05, 0) is 37.9 Å². The van der Waals surface area contributed by atoms with Crippen molar-refractivity contribution in [2.75, 3.05) is 5.73 Å². The molecule has 0 saturated heterocycles. The van der Waals surface area contributed by atoms with Gasteiger partial charge in [-0.3, -0.25) is 0 Å². The lowest BCUT2D eigenvalue weighted by atomic mass is 10.3. The van der Waals surface area contributed by atoms with E-state index in [1.165, 1.54) is 6.07 Å². The molecule has 0 saturated carbocycles. The molecule has 0 aliphatic rings. The minimum Gasteiger partial charge on any atom is -0.396 e. The predicted octanol–water partition coefficient (Wildman–Crippen LogP) is 3.29. The van der Waals surface area contributed by atoms with Crippen molar-refractivity contribution >= 4 is 55.7 Å². The van der Waals surface area contributed by atoms with Crippen LogP contribution in [0.2, 0.25) is 0 Å². The zero-order valence-electron chi connectivity index (χ0n) is 5.64. The second-order valence-electron chi connectivity index (χ2n) is 2.01. The van der Waals surface area contributed by atoms with E-state index in [4.69, 9.17) is 5.73 Å². The van der Waals surface area contributed by atoms with Gasteiger partial charge in [0.15, 0.2) is 0 Å². The first kappa shape index (κ1) is 10.0. The van der Waals surface area contributed by atoms with Gasteiger partial charge in [0, 0.05) is 16.9 Å². The van der Waals surface area contributed by atoms with E-state index in [0.29, 0.717) is 10.2 Å². The van der Waals surface area contributed by atoms with E-state index in [2.05, 4.69) is 48.6 Å². The molecule has 0 aliphatic carbocycles. The summed E-state index contributed by atoms with van der Waals surface area (Å²) in [5.41, 5.74) is 6.14. The predicted molar refractivity (Wildman–Crippen MR) is 55.7 cm³/mol. The maximum absolute atomic E-state index is 13.0. The Labute approximate surface area is 90.8 Å². The lowest BCUT2D eigenvalue weighted by Gasteiger charge is -2.04. The number of nitrogens with two attached hydrogens (primary N) is 1. The van der Waals surface area contributed by atoms with Gasteiger partial charge in [-0.2, -0.15) is 4.36 Å². The Morgan fingerprint density at radius 1 is 1.50 bits per heavy atom. The first-order valence-corrected chi connectivity index (χ1v) is 4.79. The Kier molecular flexibility index (Phi) is 3.14. The van der Waals surface area contributed by atoms with Crippen LogP contribution in [0.1, 0.15) is 0 Å².